The average Bonchev–Trinajstić information content (AvgIpc) is 3.26. The molecule has 2 amide bonds. The molecule has 1 aromatic heterocycles. The van der Waals surface area contributed by atoms with Crippen molar-refractivity contribution in [1.29, 1.82) is 0 Å². The molecular formula is C23H25N3O4S. The zero-order valence-electron chi connectivity index (χ0n) is 18.2. The van der Waals surface area contributed by atoms with Gasteiger partial charge in [0.25, 0.3) is 5.91 Å². The molecule has 1 N–H and O–H groups in total. The van der Waals surface area contributed by atoms with Crippen molar-refractivity contribution >= 4 is 28.8 Å². The van der Waals surface area contributed by atoms with Crippen LogP contribution in [0.2, 0.25) is 0 Å². The van der Waals surface area contributed by atoms with E-state index >= 15 is 0 Å². The highest BCUT2D eigenvalue weighted by Crippen LogP contribution is 2.33. The second-order valence-corrected chi connectivity index (χ2v) is 7.92. The number of carbonyl (C=O) groups excluding carboxylic acids is 2. The Balaban J connectivity index is 1.68. The monoisotopic (exact) mass is 439 g/mol. The van der Waals surface area contributed by atoms with Crippen LogP contribution in [0, 0.1) is 13.8 Å². The molecule has 1 heterocycles. The summed E-state index contributed by atoms with van der Waals surface area (Å²) < 4.78 is 10.6. The van der Waals surface area contributed by atoms with E-state index in [2.05, 4.69) is 10.3 Å². The standard InChI is InChI=1S/C23H25N3O4S/c1-14-7-6-8-17(15(14)2)24-21(27)12-26(3)23(28)18-13-31-22(25-18)16-9-10-19(29-4)20(11-16)30-5/h6-11,13H,12H2,1-5H3,(H,24,27). The molecule has 0 aliphatic rings. The van der Waals surface area contributed by atoms with Gasteiger partial charge in [-0.1, -0.05) is 12.1 Å². The maximum atomic E-state index is 12.8. The van der Waals surface area contributed by atoms with Crippen molar-refractivity contribution in [1.82, 2.24) is 9.88 Å². The quantitative estimate of drug-likeness (QED) is 0.598. The Labute approximate surface area is 185 Å². The molecule has 0 aliphatic carbocycles. The molecule has 0 aliphatic heterocycles. The second-order valence-electron chi connectivity index (χ2n) is 7.06. The van der Waals surface area contributed by atoms with Crippen LogP contribution in [0.3, 0.4) is 0 Å². The van der Waals surface area contributed by atoms with Gasteiger partial charge >= 0.3 is 0 Å². The molecule has 31 heavy (non-hydrogen) atoms. The Morgan fingerprint density at radius 3 is 2.55 bits per heavy atom. The van der Waals surface area contributed by atoms with Crippen LogP contribution in [-0.4, -0.2) is 49.5 Å². The lowest BCUT2D eigenvalue weighted by Crippen LogP contribution is -2.35. The van der Waals surface area contributed by atoms with E-state index in [0.29, 0.717) is 16.5 Å². The summed E-state index contributed by atoms with van der Waals surface area (Å²) in [6.07, 6.45) is 0. The first-order valence-electron chi connectivity index (χ1n) is 9.63. The summed E-state index contributed by atoms with van der Waals surface area (Å²) in [6, 6.07) is 11.2. The summed E-state index contributed by atoms with van der Waals surface area (Å²) in [6.45, 7) is 3.86. The van der Waals surface area contributed by atoms with Crippen molar-refractivity contribution in [3.05, 3.63) is 58.6 Å². The van der Waals surface area contributed by atoms with E-state index in [1.54, 1.807) is 32.7 Å². The number of methoxy groups -OCH3 is 2. The third kappa shape index (κ3) is 5.03. The summed E-state index contributed by atoms with van der Waals surface area (Å²) in [5.74, 6) is 0.621. The first-order chi connectivity index (χ1) is 14.8. The number of rotatable bonds is 7. The van der Waals surface area contributed by atoms with Crippen molar-refractivity contribution < 1.29 is 19.1 Å². The van der Waals surface area contributed by atoms with Gasteiger partial charge in [0.05, 0.1) is 20.8 Å². The molecular weight excluding hydrogens is 414 g/mol. The zero-order valence-corrected chi connectivity index (χ0v) is 19.0. The molecule has 7 nitrogen and oxygen atoms in total. The molecule has 162 valence electrons. The number of ether oxygens (including phenoxy) is 2. The lowest BCUT2D eigenvalue weighted by molar-refractivity contribution is -0.116. The number of likely N-dealkylation sites (N-methyl/N-ethyl adjacent to an activating group) is 1. The maximum Gasteiger partial charge on any atom is 0.273 e. The van der Waals surface area contributed by atoms with Gasteiger partial charge in [0, 0.05) is 23.7 Å². The maximum absolute atomic E-state index is 12.8. The topological polar surface area (TPSA) is 80.8 Å². The van der Waals surface area contributed by atoms with E-state index in [4.69, 9.17) is 9.47 Å². The Hall–Kier alpha value is -3.39. The largest absolute Gasteiger partial charge is 0.493 e. The number of nitrogens with one attached hydrogen (secondary N) is 1. The number of benzene rings is 2. The van der Waals surface area contributed by atoms with E-state index < -0.39 is 0 Å². The van der Waals surface area contributed by atoms with Crippen LogP contribution >= 0.6 is 11.3 Å². The number of hydrogen-bond donors (Lipinski definition) is 1. The molecule has 0 atom stereocenters. The minimum Gasteiger partial charge on any atom is -0.493 e. The minimum absolute atomic E-state index is 0.0740. The van der Waals surface area contributed by atoms with Crippen LogP contribution in [0.15, 0.2) is 41.8 Å². The first-order valence-corrected chi connectivity index (χ1v) is 10.5. The number of anilines is 1. The Kier molecular flexibility index (Phi) is 6.91. The molecule has 3 aromatic rings. The molecule has 0 fully saturated rings. The van der Waals surface area contributed by atoms with Crippen molar-refractivity contribution in [2.75, 3.05) is 33.1 Å². The molecule has 0 bridgehead atoms. The lowest BCUT2D eigenvalue weighted by Gasteiger charge is -2.16. The number of nitrogens with zero attached hydrogens (tertiary/aromatic N) is 2. The summed E-state index contributed by atoms with van der Waals surface area (Å²) in [7, 11) is 4.72. The number of carbonyl (C=O) groups is 2. The van der Waals surface area contributed by atoms with Crippen molar-refractivity contribution in [3.63, 3.8) is 0 Å². The van der Waals surface area contributed by atoms with Gasteiger partial charge in [0.2, 0.25) is 5.91 Å². The van der Waals surface area contributed by atoms with Gasteiger partial charge in [-0.2, -0.15) is 0 Å². The fourth-order valence-corrected chi connectivity index (χ4v) is 3.82. The summed E-state index contributed by atoms with van der Waals surface area (Å²) in [5, 5.41) is 5.23. The smallest absolute Gasteiger partial charge is 0.273 e. The van der Waals surface area contributed by atoms with Gasteiger partial charge < -0.3 is 19.7 Å². The molecule has 2 aromatic carbocycles. The van der Waals surface area contributed by atoms with E-state index in [9.17, 15) is 9.59 Å². The molecule has 0 radical (unpaired) electrons. The number of thiazole rings is 1. The zero-order chi connectivity index (χ0) is 22.5. The highest BCUT2D eigenvalue weighted by Gasteiger charge is 2.19. The Bertz CT molecular complexity index is 1110. The summed E-state index contributed by atoms with van der Waals surface area (Å²) >= 11 is 1.35. The van der Waals surface area contributed by atoms with Gasteiger partial charge in [-0.15, -0.1) is 11.3 Å². The van der Waals surface area contributed by atoms with Crippen LogP contribution in [0.1, 0.15) is 21.6 Å². The molecule has 8 heteroatoms. The fourth-order valence-electron chi connectivity index (χ4n) is 3.03. The predicted octanol–water partition coefficient (Wildman–Crippen LogP) is 4.15. The Morgan fingerprint density at radius 1 is 1.10 bits per heavy atom. The normalized spacial score (nSPS) is 10.5. The number of aryl methyl sites for hydroxylation is 1. The highest BCUT2D eigenvalue weighted by molar-refractivity contribution is 7.13. The van der Waals surface area contributed by atoms with Crippen molar-refractivity contribution in [2.24, 2.45) is 0 Å². The highest BCUT2D eigenvalue weighted by atomic mass is 32.1. The summed E-state index contributed by atoms with van der Waals surface area (Å²) in [5.41, 5.74) is 3.94. The molecule has 3 rings (SSSR count). The van der Waals surface area contributed by atoms with Crippen LogP contribution in [0.25, 0.3) is 10.6 Å². The average molecular weight is 440 g/mol. The van der Waals surface area contributed by atoms with Crippen LogP contribution in [-0.2, 0) is 4.79 Å². The minimum atomic E-state index is -0.320. The number of amides is 2. The molecule has 0 unspecified atom stereocenters. The summed E-state index contributed by atoms with van der Waals surface area (Å²) in [4.78, 5) is 31.0. The molecule has 0 saturated heterocycles. The SMILES string of the molecule is COc1ccc(-c2nc(C(=O)N(C)CC(=O)Nc3cccc(C)c3C)cs2)cc1OC. The fraction of sp³-hybridized carbons (Fsp3) is 0.261. The number of hydrogen-bond acceptors (Lipinski definition) is 6. The second kappa shape index (κ2) is 9.61. The van der Waals surface area contributed by atoms with Crippen molar-refractivity contribution in [3.8, 4) is 22.1 Å². The number of aromatic nitrogens is 1. The van der Waals surface area contributed by atoms with Crippen molar-refractivity contribution in [2.45, 2.75) is 13.8 Å². The predicted molar refractivity (Wildman–Crippen MR) is 122 cm³/mol. The lowest BCUT2D eigenvalue weighted by atomic mass is 10.1. The van der Waals surface area contributed by atoms with E-state index in [-0.39, 0.29) is 24.1 Å². The van der Waals surface area contributed by atoms with Gasteiger partial charge in [-0.3, -0.25) is 9.59 Å². The molecule has 0 spiro atoms. The third-order valence-corrected chi connectivity index (χ3v) is 5.85. The van der Waals surface area contributed by atoms with Gasteiger partial charge in [0.15, 0.2) is 11.5 Å². The van der Waals surface area contributed by atoms with Gasteiger partial charge in [-0.05, 0) is 49.2 Å². The van der Waals surface area contributed by atoms with Crippen LogP contribution < -0.4 is 14.8 Å². The first kappa shape index (κ1) is 22.3. The van der Waals surface area contributed by atoms with Gasteiger partial charge in [-0.25, -0.2) is 4.98 Å². The van der Waals surface area contributed by atoms with E-state index in [0.717, 1.165) is 22.4 Å². The third-order valence-electron chi connectivity index (χ3n) is 4.96. The molecule has 0 saturated carbocycles. The van der Waals surface area contributed by atoms with E-state index in [1.165, 1.54) is 16.2 Å². The Morgan fingerprint density at radius 2 is 1.84 bits per heavy atom. The van der Waals surface area contributed by atoms with E-state index in [1.807, 2.05) is 44.2 Å². The van der Waals surface area contributed by atoms with Gasteiger partial charge in [0.1, 0.15) is 10.7 Å². The van der Waals surface area contributed by atoms with Crippen LogP contribution in [0.5, 0.6) is 11.5 Å². The van der Waals surface area contributed by atoms with Crippen LogP contribution in [0.4, 0.5) is 5.69 Å².